The van der Waals surface area contributed by atoms with Crippen LogP contribution in [0, 0.1) is 11.7 Å². The number of carboxylic acid groups (broad SMARTS) is 1. The number of carboxylic acids is 1. The van der Waals surface area contributed by atoms with Gasteiger partial charge in [0.05, 0.1) is 16.8 Å². The van der Waals surface area contributed by atoms with Crippen molar-refractivity contribution in [3.63, 3.8) is 0 Å². The zero-order chi connectivity index (χ0) is 24.3. The Kier molecular flexibility index (Phi) is 7.41. The number of benzene rings is 2. The summed E-state index contributed by atoms with van der Waals surface area (Å²) in [6.07, 6.45) is 3.88. The molecular weight excluding hydrogens is 438 g/mol. The third kappa shape index (κ3) is 4.90. The predicted molar refractivity (Wildman–Crippen MR) is 130 cm³/mol. The van der Waals surface area contributed by atoms with Crippen molar-refractivity contribution in [3.8, 4) is 0 Å². The number of rotatable bonds is 9. The molecule has 0 radical (unpaired) electrons. The van der Waals surface area contributed by atoms with E-state index in [0.29, 0.717) is 37.7 Å². The van der Waals surface area contributed by atoms with E-state index < -0.39 is 23.9 Å². The second kappa shape index (κ2) is 10.3. The lowest BCUT2D eigenvalue weighted by Crippen LogP contribution is -2.43. The van der Waals surface area contributed by atoms with Crippen LogP contribution < -0.4 is 10.2 Å². The Balaban J connectivity index is 1.80. The topological polar surface area (TPSA) is 61.8 Å². The van der Waals surface area contributed by atoms with E-state index in [1.54, 1.807) is 0 Å². The van der Waals surface area contributed by atoms with E-state index in [0.717, 1.165) is 42.7 Å². The van der Waals surface area contributed by atoms with Crippen LogP contribution in [0.4, 0.5) is 25.8 Å². The smallest absolute Gasteiger partial charge is 0.314 e. The summed E-state index contributed by atoms with van der Waals surface area (Å²) in [6, 6.07) is 10.2. The normalized spacial score (nSPS) is 17.9. The van der Waals surface area contributed by atoms with Crippen molar-refractivity contribution in [1.82, 2.24) is 0 Å². The molecule has 1 aliphatic heterocycles. The van der Waals surface area contributed by atoms with E-state index in [-0.39, 0.29) is 11.6 Å². The minimum atomic E-state index is -0.887. The highest BCUT2D eigenvalue weighted by Gasteiger charge is 2.46. The van der Waals surface area contributed by atoms with Crippen molar-refractivity contribution >= 4 is 23.0 Å². The van der Waals surface area contributed by atoms with E-state index in [1.165, 1.54) is 18.2 Å². The summed E-state index contributed by atoms with van der Waals surface area (Å²) in [4.78, 5) is 14.6. The van der Waals surface area contributed by atoms with Gasteiger partial charge >= 0.3 is 5.97 Å². The van der Waals surface area contributed by atoms with Gasteiger partial charge in [-0.3, -0.25) is 4.79 Å². The molecule has 4 rings (SSSR count). The highest BCUT2D eigenvalue weighted by Crippen LogP contribution is 2.46. The Morgan fingerprint density at radius 2 is 1.91 bits per heavy atom. The Labute approximate surface area is 200 Å². The molecule has 184 valence electrons. The van der Waals surface area contributed by atoms with Crippen LogP contribution in [0.15, 0.2) is 36.4 Å². The van der Waals surface area contributed by atoms with E-state index in [9.17, 15) is 18.7 Å². The van der Waals surface area contributed by atoms with Crippen LogP contribution in [0.1, 0.15) is 57.1 Å². The minimum absolute atomic E-state index is 0.231. The molecule has 0 atom stereocenters. The van der Waals surface area contributed by atoms with Gasteiger partial charge in [0.1, 0.15) is 12.5 Å². The molecule has 2 aromatic carbocycles. The molecule has 0 unspecified atom stereocenters. The van der Waals surface area contributed by atoms with Crippen LogP contribution in [-0.2, 0) is 21.6 Å². The van der Waals surface area contributed by atoms with Crippen molar-refractivity contribution in [2.75, 3.05) is 30.0 Å². The average molecular weight is 473 g/mol. The quantitative estimate of drug-likeness (QED) is 0.456. The molecular formula is C27H34F2N2O3. The molecule has 2 aliphatic rings. The van der Waals surface area contributed by atoms with Crippen LogP contribution in [0.25, 0.3) is 0 Å². The molecule has 1 aliphatic carbocycles. The molecule has 2 aromatic rings. The lowest BCUT2D eigenvalue weighted by atomic mass is 9.64. The highest BCUT2D eigenvalue weighted by molar-refractivity contribution is 5.85. The van der Waals surface area contributed by atoms with E-state index >= 15 is 0 Å². The number of carbonyl (C=O) groups is 1. The fourth-order valence-corrected chi connectivity index (χ4v) is 5.11. The second-order valence-corrected chi connectivity index (χ2v) is 9.92. The first-order valence-corrected chi connectivity index (χ1v) is 12.2. The zero-order valence-corrected chi connectivity index (χ0v) is 19.9. The third-order valence-electron chi connectivity index (χ3n) is 7.15. The number of hydrogen-bond acceptors (Lipinski definition) is 4. The molecule has 0 aromatic heterocycles. The Bertz CT molecular complexity index is 1020. The summed E-state index contributed by atoms with van der Waals surface area (Å²) in [5.41, 5.74) is 2.24. The van der Waals surface area contributed by atoms with Gasteiger partial charge in [-0.1, -0.05) is 26.3 Å². The first kappa shape index (κ1) is 24.5. The van der Waals surface area contributed by atoms with Gasteiger partial charge in [-0.15, -0.1) is 0 Å². The van der Waals surface area contributed by atoms with Crippen LogP contribution >= 0.6 is 0 Å². The summed E-state index contributed by atoms with van der Waals surface area (Å²) in [5.74, 6) is -0.901. The van der Waals surface area contributed by atoms with Crippen LogP contribution in [0.5, 0.6) is 0 Å². The highest BCUT2D eigenvalue weighted by atomic mass is 19.1. The number of nitrogens with zero attached hydrogens (tertiary/aromatic N) is 1. The van der Waals surface area contributed by atoms with E-state index in [4.69, 9.17) is 4.74 Å². The van der Waals surface area contributed by atoms with Gasteiger partial charge in [-0.05, 0) is 67.5 Å². The van der Waals surface area contributed by atoms with Gasteiger partial charge in [0.15, 0.2) is 0 Å². The van der Waals surface area contributed by atoms with Gasteiger partial charge < -0.3 is 20.1 Å². The van der Waals surface area contributed by atoms with Crippen molar-refractivity contribution in [3.05, 3.63) is 53.3 Å². The molecule has 0 amide bonds. The lowest BCUT2D eigenvalue weighted by Gasteiger charge is -2.41. The minimum Gasteiger partial charge on any atom is -0.481 e. The summed E-state index contributed by atoms with van der Waals surface area (Å²) in [7, 11) is 0. The van der Waals surface area contributed by atoms with Crippen LogP contribution in [0.2, 0.25) is 0 Å². The van der Waals surface area contributed by atoms with E-state index in [1.807, 2.05) is 18.2 Å². The van der Waals surface area contributed by atoms with Crippen LogP contribution in [0.3, 0.4) is 0 Å². The second-order valence-electron chi connectivity index (χ2n) is 9.92. The molecule has 34 heavy (non-hydrogen) atoms. The lowest BCUT2D eigenvalue weighted by molar-refractivity contribution is -0.147. The maximum Gasteiger partial charge on any atom is 0.314 e. The Hall–Kier alpha value is -2.67. The third-order valence-corrected chi connectivity index (χ3v) is 7.15. The van der Waals surface area contributed by atoms with Gasteiger partial charge in [0.25, 0.3) is 0 Å². The number of anilines is 3. The number of hydrogen-bond donors (Lipinski definition) is 2. The molecule has 1 heterocycles. The first-order valence-electron chi connectivity index (χ1n) is 12.2. The van der Waals surface area contributed by atoms with E-state index in [2.05, 4.69) is 24.1 Å². The van der Waals surface area contributed by atoms with Gasteiger partial charge in [0.2, 0.25) is 0 Å². The monoisotopic (exact) mass is 472 g/mol. The first-order chi connectivity index (χ1) is 16.3. The molecule has 2 fully saturated rings. The molecule has 1 saturated heterocycles. The van der Waals surface area contributed by atoms with Gasteiger partial charge in [0, 0.05) is 37.1 Å². The number of ether oxygens (including phenoxy) is 1. The van der Waals surface area contributed by atoms with Crippen LogP contribution in [-0.4, -0.2) is 36.9 Å². The molecule has 0 bridgehead atoms. The predicted octanol–water partition coefficient (Wildman–Crippen LogP) is 6.19. The van der Waals surface area contributed by atoms with Crippen molar-refractivity contribution in [2.24, 2.45) is 5.92 Å². The summed E-state index contributed by atoms with van der Waals surface area (Å²) >= 11 is 0. The number of aliphatic carboxylic acids is 1. The van der Waals surface area contributed by atoms with Crippen molar-refractivity contribution in [2.45, 2.75) is 64.1 Å². The summed E-state index contributed by atoms with van der Waals surface area (Å²) < 4.78 is 33.1. The summed E-state index contributed by atoms with van der Waals surface area (Å²) in [6.45, 7) is 5.76. The van der Waals surface area contributed by atoms with Gasteiger partial charge in [-0.2, -0.15) is 0 Å². The Morgan fingerprint density at radius 3 is 2.50 bits per heavy atom. The maximum atomic E-state index is 13.7. The average Bonchev–Trinajstić information content (AvgIpc) is 2.78. The standard InChI is InChI=1S/C27H34F2N2O3/c1-18(2)17-31(22-8-12-34-13-9-22)25-7-4-20(27(26(32)33)10-3-11-27)15-24(25)30-23-6-5-21(29)14-19(23)16-28/h4-7,14-15,18,22,30H,3,8-13,16-17H2,1-2H3,(H,32,33). The Morgan fingerprint density at radius 1 is 1.18 bits per heavy atom. The molecule has 7 heteroatoms. The number of nitrogens with one attached hydrogen (secondary N) is 1. The maximum absolute atomic E-state index is 13.7. The van der Waals surface area contributed by atoms with Crippen molar-refractivity contribution in [1.29, 1.82) is 0 Å². The number of halogens is 2. The fourth-order valence-electron chi connectivity index (χ4n) is 5.11. The fraction of sp³-hybridized carbons (Fsp3) is 0.519. The zero-order valence-electron chi connectivity index (χ0n) is 19.9. The number of alkyl halides is 1. The molecule has 0 spiro atoms. The van der Waals surface area contributed by atoms with Crippen molar-refractivity contribution < 1.29 is 23.4 Å². The van der Waals surface area contributed by atoms with Gasteiger partial charge in [-0.25, -0.2) is 8.78 Å². The SMILES string of the molecule is CC(C)CN(c1ccc(C2(C(=O)O)CCC2)cc1Nc1ccc(F)cc1CF)C1CCOCC1. The largest absolute Gasteiger partial charge is 0.481 e. The summed E-state index contributed by atoms with van der Waals surface area (Å²) in [5, 5.41) is 13.3. The molecule has 2 N–H and O–H groups in total. The molecule has 1 saturated carbocycles. The molecule has 5 nitrogen and oxygen atoms in total.